The summed E-state index contributed by atoms with van der Waals surface area (Å²) < 4.78 is 42.0. The van der Waals surface area contributed by atoms with Crippen molar-refractivity contribution in [2.75, 3.05) is 13.6 Å². The SMILES string of the molecule is CC1(C)S[C@@H]2[C@H](NC(=O)C(N=[N+]=[N-])c3ccccc3)C(=O)N2[C@H]1C(=O)OCOC(=O)OCOC(=O)[C@@H]1N2C(=O)C[C@H]2S(=O)(=O)C1(C)C. The highest BCUT2D eigenvalue weighted by atomic mass is 32.2. The largest absolute Gasteiger partial charge is 0.514 e. The third kappa shape index (κ3) is 5.69. The molecule has 1 aromatic rings. The predicted molar refractivity (Wildman–Crippen MR) is 158 cm³/mol. The van der Waals surface area contributed by atoms with Crippen molar-refractivity contribution in [1.29, 1.82) is 0 Å². The second-order valence-electron chi connectivity index (χ2n) is 12.0. The van der Waals surface area contributed by atoms with Gasteiger partial charge in [0.25, 0.3) is 0 Å². The Morgan fingerprint density at radius 3 is 2.17 bits per heavy atom. The van der Waals surface area contributed by atoms with E-state index in [4.69, 9.17) is 19.7 Å². The average molecular weight is 695 g/mol. The van der Waals surface area contributed by atoms with Gasteiger partial charge in [0.15, 0.2) is 9.84 Å². The number of thioether (sulfide) groups is 1. The van der Waals surface area contributed by atoms with E-state index in [0.717, 1.165) is 4.90 Å². The van der Waals surface area contributed by atoms with Gasteiger partial charge in [-0.15, -0.1) is 11.8 Å². The summed E-state index contributed by atoms with van der Waals surface area (Å²) in [5.41, 5.74) is 9.38. The summed E-state index contributed by atoms with van der Waals surface area (Å²) in [7, 11) is -3.84. The topological polar surface area (TPSA) is 241 Å². The molecule has 1 unspecified atom stereocenters. The third-order valence-corrected chi connectivity index (χ3v) is 12.8. The van der Waals surface area contributed by atoms with E-state index in [1.807, 2.05) is 0 Å². The van der Waals surface area contributed by atoms with Gasteiger partial charge in [-0.3, -0.25) is 14.4 Å². The molecule has 4 aliphatic rings. The molecule has 0 saturated carbocycles. The van der Waals surface area contributed by atoms with E-state index in [1.165, 1.54) is 30.5 Å². The number of ether oxygens (including phenoxy) is 4. The van der Waals surface area contributed by atoms with E-state index in [1.54, 1.807) is 44.2 Å². The van der Waals surface area contributed by atoms with Crippen LogP contribution in [-0.2, 0) is 52.8 Å². The molecule has 4 aliphatic heterocycles. The van der Waals surface area contributed by atoms with E-state index >= 15 is 0 Å². The molecule has 4 fully saturated rings. The summed E-state index contributed by atoms with van der Waals surface area (Å²) in [6, 6.07) is 3.52. The van der Waals surface area contributed by atoms with Crippen LogP contribution in [0.4, 0.5) is 4.79 Å². The molecule has 0 aromatic heterocycles. The van der Waals surface area contributed by atoms with E-state index in [2.05, 4.69) is 20.1 Å². The standard InChI is InChI=1S/C27H30N6O12S2/c1-26(2)18(33-21(36)17(22(33)46-26)29-20(35)16(30-31-28)13-8-6-5-7-9-13)23(37)42-11-44-25(39)45-12-43-24(38)19-27(3,4)47(40,41)15-10-14(34)32(15)19/h5-9,15-19,22H,10-12H2,1-4H3,(H,29,35)/t15-,16?,17-,18+,19+,22-/m1/s1. The maximum Gasteiger partial charge on any atom is 0.514 e. The molecular formula is C27H30N6O12S2. The van der Waals surface area contributed by atoms with Crippen molar-refractivity contribution in [3.63, 3.8) is 0 Å². The van der Waals surface area contributed by atoms with Gasteiger partial charge < -0.3 is 34.1 Å². The van der Waals surface area contributed by atoms with E-state index in [0.29, 0.717) is 5.56 Å². The number of fused-ring (bicyclic) bond motifs is 2. The maximum absolute atomic E-state index is 13.1. The summed E-state index contributed by atoms with van der Waals surface area (Å²) in [5.74, 6) is -3.78. The Balaban J connectivity index is 1.09. The summed E-state index contributed by atoms with van der Waals surface area (Å²) in [6.07, 6.45) is -1.62. The van der Waals surface area contributed by atoms with Crippen LogP contribution in [0.25, 0.3) is 10.4 Å². The number of amides is 3. The van der Waals surface area contributed by atoms with Gasteiger partial charge in [0.1, 0.15) is 34.9 Å². The van der Waals surface area contributed by atoms with Crippen LogP contribution in [0.2, 0.25) is 0 Å². The number of rotatable bonds is 10. The van der Waals surface area contributed by atoms with E-state index < -0.39 is 104 Å². The molecule has 5 rings (SSSR count). The van der Waals surface area contributed by atoms with Gasteiger partial charge >= 0.3 is 18.1 Å². The monoisotopic (exact) mass is 694 g/mol. The molecule has 0 spiro atoms. The zero-order valence-electron chi connectivity index (χ0n) is 25.4. The Hall–Kier alpha value is -4.55. The lowest BCUT2D eigenvalue weighted by Gasteiger charge is -2.44. The number of nitrogens with one attached hydrogen (secondary N) is 1. The molecule has 3 amide bonds. The molecule has 20 heteroatoms. The average Bonchev–Trinajstić information content (AvgIpc) is 3.33. The van der Waals surface area contributed by atoms with Crippen molar-refractivity contribution in [2.45, 2.75) is 78.5 Å². The fourth-order valence-corrected chi connectivity index (χ4v) is 9.74. The Morgan fingerprint density at radius 2 is 1.60 bits per heavy atom. The summed E-state index contributed by atoms with van der Waals surface area (Å²) in [4.78, 5) is 80.5. The van der Waals surface area contributed by atoms with Crippen LogP contribution in [0.15, 0.2) is 35.4 Å². The molecule has 1 N–H and O–H groups in total. The predicted octanol–water partition coefficient (Wildman–Crippen LogP) is 0.874. The van der Waals surface area contributed by atoms with Crippen LogP contribution >= 0.6 is 11.8 Å². The third-order valence-electron chi connectivity index (χ3n) is 8.45. The number of hydrogen-bond donors (Lipinski definition) is 1. The number of carbonyl (C=O) groups is 6. The van der Waals surface area contributed by atoms with Crippen LogP contribution in [0.3, 0.4) is 0 Å². The molecule has 4 heterocycles. The lowest BCUT2D eigenvalue weighted by atomic mass is 9.95. The molecule has 0 bridgehead atoms. The molecule has 252 valence electrons. The molecule has 4 saturated heterocycles. The molecule has 6 atom stereocenters. The number of sulfone groups is 1. The first-order chi connectivity index (χ1) is 22.0. The van der Waals surface area contributed by atoms with Crippen LogP contribution in [0, 0.1) is 0 Å². The van der Waals surface area contributed by atoms with Crippen molar-refractivity contribution in [3.05, 3.63) is 46.3 Å². The molecule has 47 heavy (non-hydrogen) atoms. The summed E-state index contributed by atoms with van der Waals surface area (Å²) >= 11 is 1.24. The normalized spacial score (nSPS) is 27.9. The Bertz CT molecular complexity index is 1680. The minimum absolute atomic E-state index is 0.231. The summed E-state index contributed by atoms with van der Waals surface area (Å²) in [6.45, 7) is 4.09. The highest BCUT2D eigenvalue weighted by molar-refractivity contribution is 8.01. The Morgan fingerprint density at radius 1 is 1.00 bits per heavy atom. The lowest BCUT2D eigenvalue weighted by molar-refractivity contribution is -0.173. The van der Waals surface area contributed by atoms with Gasteiger partial charge in [0.05, 0.1) is 11.2 Å². The van der Waals surface area contributed by atoms with Crippen molar-refractivity contribution in [1.82, 2.24) is 15.1 Å². The first-order valence-electron chi connectivity index (χ1n) is 14.1. The first kappa shape index (κ1) is 33.8. The Labute approximate surface area is 271 Å². The van der Waals surface area contributed by atoms with Crippen molar-refractivity contribution in [2.24, 2.45) is 5.11 Å². The first-order valence-corrected chi connectivity index (χ1v) is 16.5. The fraction of sp³-hybridized carbons (Fsp3) is 0.556. The zero-order chi connectivity index (χ0) is 34.5. The van der Waals surface area contributed by atoms with Gasteiger partial charge in [0, 0.05) is 9.66 Å². The van der Waals surface area contributed by atoms with E-state index in [-0.39, 0.29) is 6.42 Å². The minimum atomic E-state index is -3.84. The number of hydrogen-bond acceptors (Lipinski definition) is 14. The quantitative estimate of drug-likeness (QED) is 0.0894. The number of esters is 2. The number of azide groups is 1. The number of β-lactam (4-membered cyclic amide) rings is 2. The van der Waals surface area contributed by atoms with Crippen molar-refractivity contribution in [3.8, 4) is 0 Å². The molecule has 18 nitrogen and oxygen atoms in total. The maximum atomic E-state index is 13.1. The fourth-order valence-electron chi connectivity index (χ4n) is 6.00. The number of carbonyl (C=O) groups excluding carboxylic acids is 6. The zero-order valence-corrected chi connectivity index (χ0v) is 27.1. The molecule has 0 radical (unpaired) electrons. The Kier molecular flexibility index (Phi) is 8.80. The smallest absolute Gasteiger partial charge is 0.426 e. The molecular weight excluding hydrogens is 664 g/mol. The van der Waals surface area contributed by atoms with Gasteiger partial charge in [0.2, 0.25) is 31.3 Å². The summed E-state index contributed by atoms with van der Waals surface area (Å²) in [5, 5.41) is 4.40. The van der Waals surface area contributed by atoms with Crippen molar-refractivity contribution < 1.29 is 56.1 Å². The van der Waals surface area contributed by atoms with Crippen molar-refractivity contribution >= 4 is 57.4 Å². The number of benzene rings is 1. The van der Waals surface area contributed by atoms with Gasteiger partial charge in [-0.05, 0) is 38.8 Å². The second kappa shape index (κ2) is 12.2. The number of nitrogens with zero attached hydrogens (tertiary/aromatic N) is 5. The van der Waals surface area contributed by atoms with Gasteiger partial charge in [-0.1, -0.05) is 35.4 Å². The van der Waals surface area contributed by atoms with Crippen LogP contribution in [-0.4, -0.2) is 106 Å². The highest BCUT2D eigenvalue weighted by Crippen LogP contribution is 2.51. The molecule has 1 aromatic carbocycles. The lowest BCUT2D eigenvalue weighted by Crippen LogP contribution is -2.71. The van der Waals surface area contributed by atoms with E-state index in [9.17, 15) is 37.2 Å². The van der Waals surface area contributed by atoms with Gasteiger partial charge in [-0.25, -0.2) is 22.8 Å². The van der Waals surface area contributed by atoms with Crippen LogP contribution in [0.1, 0.15) is 45.7 Å². The highest BCUT2D eigenvalue weighted by Gasteiger charge is 2.68. The second-order valence-corrected chi connectivity index (χ2v) is 16.4. The molecule has 0 aliphatic carbocycles. The minimum Gasteiger partial charge on any atom is -0.426 e. The van der Waals surface area contributed by atoms with Crippen LogP contribution < -0.4 is 5.32 Å². The van der Waals surface area contributed by atoms with Crippen LogP contribution in [0.5, 0.6) is 0 Å². The van der Waals surface area contributed by atoms with Gasteiger partial charge in [-0.2, -0.15) is 0 Å².